The second-order valence-electron chi connectivity index (χ2n) is 4.62. The van der Waals surface area contributed by atoms with Gasteiger partial charge in [0.1, 0.15) is 6.04 Å². The van der Waals surface area contributed by atoms with Gasteiger partial charge >= 0.3 is 5.97 Å². The molecular weight excluding hydrogens is 236 g/mol. The summed E-state index contributed by atoms with van der Waals surface area (Å²) in [6.45, 7) is 3.29. The third kappa shape index (κ3) is 4.27. The number of likely N-dealkylation sites (tertiary alicyclic amines) is 1. The minimum absolute atomic E-state index is 0.0305. The smallest absolute Gasteiger partial charge is 0.323 e. The van der Waals surface area contributed by atoms with Crippen molar-refractivity contribution in [2.24, 2.45) is 0 Å². The molecule has 0 bridgehead atoms. The number of nitrogens with one attached hydrogen (secondary N) is 1. The number of hydrogen-bond acceptors (Lipinski definition) is 4. The highest BCUT2D eigenvalue weighted by atomic mass is 16.5. The van der Waals surface area contributed by atoms with Crippen LogP contribution in [0.1, 0.15) is 26.2 Å². The lowest BCUT2D eigenvalue weighted by Gasteiger charge is -2.30. The maximum atomic E-state index is 12.1. The predicted octanol–water partition coefficient (Wildman–Crippen LogP) is 0.0766. The summed E-state index contributed by atoms with van der Waals surface area (Å²) >= 11 is 0. The van der Waals surface area contributed by atoms with Crippen LogP contribution in [-0.2, 0) is 14.3 Å². The van der Waals surface area contributed by atoms with Gasteiger partial charge in [-0.25, -0.2) is 0 Å². The van der Waals surface area contributed by atoms with E-state index in [0.717, 1.165) is 32.4 Å². The van der Waals surface area contributed by atoms with E-state index < -0.39 is 18.1 Å². The second-order valence-corrected chi connectivity index (χ2v) is 4.62. The van der Waals surface area contributed by atoms with Crippen molar-refractivity contribution in [2.75, 3.05) is 26.8 Å². The van der Waals surface area contributed by atoms with Gasteiger partial charge in [0.15, 0.2) is 0 Å². The number of carboxylic acids is 1. The number of ether oxygens (including phenoxy) is 1. The number of piperidine rings is 1. The fourth-order valence-corrected chi connectivity index (χ4v) is 2.12. The van der Waals surface area contributed by atoms with Crippen LogP contribution in [0.15, 0.2) is 0 Å². The summed E-state index contributed by atoms with van der Waals surface area (Å²) in [5.74, 6) is -1.04. The first-order valence-corrected chi connectivity index (χ1v) is 6.33. The Morgan fingerprint density at radius 2 is 1.94 bits per heavy atom. The summed E-state index contributed by atoms with van der Waals surface area (Å²) in [6, 6.07) is -1.35. The van der Waals surface area contributed by atoms with Gasteiger partial charge < -0.3 is 14.7 Å². The molecule has 2 N–H and O–H groups in total. The Labute approximate surface area is 107 Å². The van der Waals surface area contributed by atoms with Crippen molar-refractivity contribution < 1.29 is 19.4 Å². The largest absolute Gasteiger partial charge is 0.480 e. The fraction of sp³-hybridized carbons (Fsp3) is 0.833. The van der Waals surface area contributed by atoms with Crippen LogP contribution in [-0.4, -0.2) is 60.8 Å². The van der Waals surface area contributed by atoms with Crippen molar-refractivity contribution in [2.45, 2.75) is 38.3 Å². The molecule has 1 fully saturated rings. The molecule has 0 saturated carbocycles. The third-order valence-corrected chi connectivity index (χ3v) is 3.12. The maximum Gasteiger partial charge on any atom is 0.323 e. The summed E-state index contributed by atoms with van der Waals surface area (Å²) in [6.07, 6.45) is 3.21. The summed E-state index contributed by atoms with van der Waals surface area (Å²) in [5, 5.41) is 11.8. The van der Waals surface area contributed by atoms with Crippen LogP contribution in [0.4, 0.5) is 0 Å². The number of amides is 1. The Morgan fingerprint density at radius 1 is 1.33 bits per heavy atom. The zero-order valence-corrected chi connectivity index (χ0v) is 11.0. The number of carboxylic acid groups (broad SMARTS) is 1. The summed E-state index contributed by atoms with van der Waals surface area (Å²) in [5.41, 5.74) is 0. The normalized spacial score (nSPS) is 19.3. The lowest BCUT2D eigenvalue weighted by atomic mass is 10.1. The second kappa shape index (κ2) is 7.33. The molecule has 1 heterocycles. The number of nitrogens with zero attached hydrogens (tertiary/aromatic N) is 1. The zero-order valence-electron chi connectivity index (χ0n) is 11.0. The van der Waals surface area contributed by atoms with Crippen LogP contribution in [0, 0.1) is 0 Å². The molecule has 0 aromatic rings. The van der Waals surface area contributed by atoms with Crippen molar-refractivity contribution >= 4 is 11.9 Å². The van der Waals surface area contributed by atoms with Crippen LogP contribution in [0.3, 0.4) is 0 Å². The van der Waals surface area contributed by atoms with Gasteiger partial charge in [-0.1, -0.05) is 0 Å². The monoisotopic (exact) mass is 258 g/mol. The van der Waals surface area contributed by atoms with Crippen molar-refractivity contribution in [3.8, 4) is 0 Å². The third-order valence-electron chi connectivity index (χ3n) is 3.12. The van der Waals surface area contributed by atoms with Crippen molar-refractivity contribution in [3.05, 3.63) is 0 Å². The molecule has 0 aromatic heterocycles. The Kier molecular flexibility index (Phi) is 6.07. The van der Waals surface area contributed by atoms with E-state index in [4.69, 9.17) is 9.84 Å². The molecule has 0 aromatic carbocycles. The lowest BCUT2D eigenvalue weighted by Crippen LogP contribution is -2.53. The van der Waals surface area contributed by atoms with E-state index in [9.17, 15) is 9.59 Å². The van der Waals surface area contributed by atoms with E-state index >= 15 is 0 Å². The minimum atomic E-state index is -1.00. The standard InChI is InChI=1S/C12H22N2O4/c1-9(13-10(8-18-2)12(16)17)11(15)14-6-4-3-5-7-14/h9-10,13H,3-8H2,1-2H3,(H,16,17). The SMILES string of the molecule is COCC(NC(C)C(=O)N1CCCCC1)C(=O)O. The average molecular weight is 258 g/mol. The van der Waals surface area contributed by atoms with Crippen LogP contribution in [0.25, 0.3) is 0 Å². The molecule has 1 aliphatic heterocycles. The van der Waals surface area contributed by atoms with Gasteiger partial charge in [-0.05, 0) is 26.2 Å². The molecule has 1 aliphatic rings. The first-order chi connectivity index (χ1) is 8.56. The molecule has 104 valence electrons. The van der Waals surface area contributed by atoms with Gasteiger partial charge in [-0.3, -0.25) is 14.9 Å². The van der Waals surface area contributed by atoms with Crippen molar-refractivity contribution in [3.63, 3.8) is 0 Å². The van der Waals surface area contributed by atoms with Gasteiger partial charge in [0.2, 0.25) is 5.91 Å². The molecule has 1 amide bonds. The topological polar surface area (TPSA) is 78.9 Å². The average Bonchev–Trinajstić information content (AvgIpc) is 2.38. The number of methoxy groups -OCH3 is 1. The number of carbonyl (C=O) groups excluding carboxylic acids is 1. The lowest BCUT2D eigenvalue weighted by molar-refractivity contribution is -0.142. The number of rotatable bonds is 6. The molecule has 2 unspecified atom stereocenters. The van der Waals surface area contributed by atoms with Crippen LogP contribution < -0.4 is 5.32 Å². The van der Waals surface area contributed by atoms with Gasteiger partial charge in [0, 0.05) is 20.2 Å². The van der Waals surface area contributed by atoms with Crippen molar-refractivity contribution in [1.82, 2.24) is 10.2 Å². The maximum absolute atomic E-state index is 12.1. The highest BCUT2D eigenvalue weighted by molar-refractivity contribution is 5.83. The number of aliphatic carboxylic acids is 1. The van der Waals surface area contributed by atoms with Crippen molar-refractivity contribution in [1.29, 1.82) is 0 Å². The Balaban J connectivity index is 2.48. The first-order valence-electron chi connectivity index (χ1n) is 6.33. The molecule has 0 aliphatic carbocycles. The summed E-state index contributed by atoms with van der Waals surface area (Å²) < 4.78 is 4.82. The fourth-order valence-electron chi connectivity index (χ4n) is 2.12. The van der Waals surface area contributed by atoms with Crippen LogP contribution in [0.2, 0.25) is 0 Å². The molecule has 18 heavy (non-hydrogen) atoms. The minimum Gasteiger partial charge on any atom is -0.480 e. The molecule has 1 saturated heterocycles. The molecule has 6 heteroatoms. The molecule has 2 atom stereocenters. The molecule has 0 radical (unpaired) electrons. The van der Waals surface area contributed by atoms with E-state index in [-0.39, 0.29) is 12.5 Å². The number of hydrogen-bond donors (Lipinski definition) is 2. The Morgan fingerprint density at radius 3 is 2.44 bits per heavy atom. The Hall–Kier alpha value is -1.14. The van der Waals surface area contributed by atoms with E-state index in [1.807, 2.05) is 0 Å². The molecular formula is C12H22N2O4. The van der Waals surface area contributed by atoms with Crippen LogP contribution >= 0.6 is 0 Å². The molecule has 6 nitrogen and oxygen atoms in total. The summed E-state index contributed by atoms with van der Waals surface area (Å²) in [7, 11) is 1.44. The van der Waals surface area contributed by atoms with E-state index in [1.165, 1.54) is 7.11 Å². The highest BCUT2D eigenvalue weighted by Gasteiger charge is 2.26. The van der Waals surface area contributed by atoms with Gasteiger partial charge in [0.05, 0.1) is 12.6 Å². The number of carbonyl (C=O) groups is 2. The predicted molar refractivity (Wildman–Crippen MR) is 66.3 cm³/mol. The van der Waals surface area contributed by atoms with Gasteiger partial charge in [0.25, 0.3) is 0 Å². The Bertz CT molecular complexity index is 290. The van der Waals surface area contributed by atoms with E-state index in [0.29, 0.717) is 0 Å². The quantitative estimate of drug-likeness (QED) is 0.705. The zero-order chi connectivity index (χ0) is 13.5. The molecule has 0 spiro atoms. The first kappa shape index (κ1) is 14.9. The van der Waals surface area contributed by atoms with Gasteiger partial charge in [-0.2, -0.15) is 0 Å². The molecule has 1 rings (SSSR count). The highest BCUT2D eigenvalue weighted by Crippen LogP contribution is 2.10. The van der Waals surface area contributed by atoms with E-state index in [2.05, 4.69) is 5.32 Å². The van der Waals surface area contributed by atoms with Gasteiger partial charge in [-0.15, -0.1) is 0 Å². The summed E-state index contributed by atoms with van der Waals surface area (Å²) in [4.78, 5) is 24.8. The van der Waals surface area contributed by atoms with E-state index in [1.54, 1.807) is 11.8 Å². The van der Waals surface area contributed by atoms with Crippen LogP contribution in [0.5, 0.6) is 0 Å².